The third-order valence-corrected chi connectivity index (χ3v) is 6.62. The van der Waals surface area contributed by atoms with E-state index in [1.807, 2.05) is 48.5 Å². The Kier molecular flexibility index (Phi) is 6.56. The molecule has 2 N–H and O–H groups in total. The van der Waals surface area contributed by atoms with Crippen LogP contribution in [0.2, 0.25) is 0 Å². The zero-order chi connectivity index (χ0) is 21.8. The predicted molar refractivity (Wildman–Crippen MR) is 120 cm³/mol. The van der Waals surface area contributed by atoms with Crippen molar-refractivity contribution < 1.29 is 19.4 Å². The van der Waals surface area contributed by atoms with Crippen molar-refractivity contribution in [2.75, 3.05) is 12.4 Å². The monoisotopic (exact) mass is 422 g/mol. The molecular formula is C25H30N2O4. The SMILES string of the molecule is CN1[C@@H]2CC[C@H]1CC(OC(=O)Nc1cc(-c3ccccc3)ccc1CCCC(=O)O)C2. The lowest BCUT2D eigenvalue weighted by atomic mass is 9.99. The van der Waals surface area contributed by atoms with Crippen molar-refractivity contribution in [1.29, 1.82) is 0 Å². The Morgan fingerprint density at radius 2 is 1.77 bits per heavy atom. The summed E-state index contributed by atoms with van der Waals surface area (Å²) >= 11 is 0. The Bertz CT molecular complexity index is 916. The lowest BCUT2D eigenvalue weighted by molar-refractivity contribution is -0.137. The number of rotatable bonds is 7. The summed E-state index contributed by atoms with van der Waals surface area (Å²) in [5, 5.41) is 11.9. The molecule has 31 heavy (non-hydrogen) atoms. The quantitative estimate of drug-likeness (QED) is 0.661. The molecule has 2 aliphatic heterocycles. The van der Waals surface area contributed by atoms with E-state index in [9.17, 15) is 9.59 Å². The van der Waals surface area contributed by atoms with Crippen molar-refractivity contribution in [3.05, 3.63) is 54.1 Å². The molecule has 4 rings (SSSR count). The highest BCUT2D eigenvalue weighted by Crippen LogP contribution is 2.35. The lowest BCUT2D eigenvalue weighted by Crippen LogP contribution is -2.43. The summed E-state index contributed by atoms with van der Waals surface area (Å²) in [4.78, 5) is 26.1. The first kappa shape index (κ1) is 21.4. The molecule has 2 bridgehead atoms. The number of nitrogens with one attached hydrogen (secondary N) is 1. The van der Waals surface area contributed by atoms with Crippen molar-refractivity contribution in [1.82, 2.24) is 4.90 Å². The number of aryl methyl sites for hydroxylation is 1. The Morgan fingerprint density at radius 3 is 2.45 bits per heavy atom. The van der Waals surface area contributed by atoms with Gasteiger partial charge in [-0.2, -0.15) is 0 Å². The first-order valence-corrected chi connectivity index (χ1v) is 11.1. The average molecular weight is 423 g/mol. The Morgan fingerprint density at radius 1 is 1.06 bits per heavy atom. The minimum absolute atomic E-state index is 0.0542. The van der Waals surface area contributed by atoms with Gasteiger partial charge in [0.05, 0.1) is 0 Å². The molecule has 0 aliphatic carbocycles. The molecule has 2 fully saturated rings. The summed E-state index contributed by atoms with van der Waals surface area (Å²) in [6, 6.07) is 16.9. The summed E-state index contributed by atoms with van der Waals surface area (Å²) in [6.07, 6.45) is 4.83. The van der Waals surface area contributed by atoms with E-state index in [2.05, 4.69) is 17.3 Å². The van der Waals surface area contributed by atoms with Gasteiger partial charge in [0.25, 0.3) is 0 Å². The molecule has 3 atom stereocenters. The molecule has 6 nitrogen and oxygen atoms in total. The summed E-state index contributed by atoms with van der Waals surface area (Å²) in [6.45, 7) is 0. The fourth-order valence-corrected chi connectivity index (χ4v) is 4.90. The molecule has 0 spiro atoms. The highest BCUT2D eigenvalue weighted by atomic mass is 16.6. The van der Waals surface area contributed by atoms with Crippen LogP contribution in [-0.2, 0) is 16.0 Å². The maximum atomic E-state index is 12.7. The third kappa shape index (κ3) is 5.25. The first-order chi connectivity index (χ1) is 15.0. The second kappa shape index (κ2) is 9.52. The molecule has 2 aromatic carbocycles. The fourth-order valence-electron chi connectivity index (χ4n) is 4.90. The van der Waals surface area contributed by atoms with Gasteiger partial charge in [-0.25, -0.2) is 4.79 Å². The molecule has 0 aromatic heterocycles. The Labute approximate surface area is 183 Å². The first-order valence-electron chi connectivity index (χ1n) is 11.1. The van der Waals surface area contributed by atoms with E-state index < -0.39 is 12.1 Å². The van der Waals surface area contributed by atoms with Crippen LogP contribution in [0.5, 0.6) is 0 Å². The van der Waals surface area contributed by atoms with Crippen LogP contribution in [0.25, 0.3) is 11.1 Å². The molecule has 1 unspecified atom stereocenters. The smallest absolute Gasteiger partial charge is 0.411 e. The molecular weight excluding hydrogens is 392 g/mol. The number of aliphatic carboxylic acids is 1. The van der Waals surface area contributed by atoms with Crippen molar-refractivity contribution in [3.63, 3.8) is 0 Å². The Balaban J connectivity index is 1.47. The van der Waals surface area contributed by atoms with E-state index in [1.165, 1.54) is 12.8 Å². The number of benzene rings is 2. The van der Waals surface area contributed by atoms with E-state index >= 15 is 0 Å². The molecule has 0 radical (unpaired) electrons. The topological polar surface area (TPSA) is 78.9 Å². The summed E-state index contributed by atoms with van der Waals surface area (Å²) < 4.78 is 5.80. The maximum Gasteiger partial charge on any atom is 0.411 e. The maximum absolute atomic E-state index is 12.7. The summed E-state index contributed by atoms with van der Waals surface area (Å²) in [7, 11) is 2.16. The van der Waals surface area contributed by atoms with Gasteiger partial charge in [0.1, 0.15) is 6.10 Å². The average Bonchev–Trinajstić information content (AvgIpc) is 2.96. The van der Waals surface area contributed by atoms with Crippen LogP contribution < -0.4 is 5.32 Å². The highest BCUT2D eigenvalue weighted by Gasteiger charge is 2.39. The number of carbonyl (C=O) groups is 2. The number of ether oxygens (including phenoxy) is 1. The lowest BCUT2D eigenvalue weighted by Gasteiger charge is -2.35. The molecule has 2 aromatic rings. The fraction of sp³-hybridized carbons (Fsp3) is 0.440. The van der Waals surface area contributed by atoms with Gasteiger partial charge in [0.2, 0.25) is 0 Å². The van der Waals surface area contributed by atoms with Gasteiger partial charge in [-0.15, -0.1) is 0 Å². The van der Waals surface area contributed by atoms with Crippen LogP contribution in [0.4, 0.5) is 10.5 Å². The highest BCUT2D eigenvalue weighted by molar-refractivity contribution is 5.87. The summed E-state index contributed by atoms with van der Waals surface area (Å²) in [5.41, 5.74) is 3.66. The van der Waals surface area contributed by atoms with Crippen molar-refractivity contribution in [3.8, 4) is 11.1 Å². The van der Waals surface area contributed by atoms with E-state index in [1.54, 1.807) is 0 Å². The van der Waals surface area contributed by atoms with Gasteiger partial charge in [-0.05, 0) is 55.5 Å². The van der Waals surface area contributed by atoms with E-state index in [4.69, 9.17) is 9.84 Å². The van der Waals surface area contributed by atoms with Gasteiger partial charge < -0.3 is 14.7 Å². The number of fused-ring (bicyclic) bond motifs is 2. The van der Waals surface area contributed by atoms with Crippen LogP contribution in [0.15, 0.2) is 48.5 Å². The number of hydrogen-bond acceptors (Lipinski definition) is 4. The van der Waals surface area contributed by atoms with Crippen LogP contribution in [0.3, 0.4) is 0 Å². The van der Waals surface area contributed by atoms with Crippen LogP contribution in [-0.4, -0.2) is 47.3 Å². The standard InChI is InChI=1S/C25H30N2O4/c1-27-20-12-13-21(27)16-22(15-20)31-25(30)26-23-14-19(17-6-3-2-4-7-17)11-10-18(23)8-5-9-24(28)29/h2-4,6-7,10-11,14,20-22H,5,8-9,12-13,15-16H2,1H3,(H,26,30)(H,28,29)/t20-,21+,22?. The minimum Gasteiger partial charge on any atom is -0.481 e. The van der Waals surface area contributed by atoms with Crippen LogP contribution >= 0.6 is 0 Å². The zero-order valence-electron chi connectivity index (χ0n) is 17.9. The van der Waals surface area contributed by atoms with Gasteiger partial charge in [-0.1, -0.05) is 42.5 Å². The van der Waals surface area contributed by atoms with Crippen molar-refractivity contribution in [2.24, 2.45) is 0 Å². The molecule has 2 saturated heterocycles. The van der Waals surface area contributed by atoms with E-state index in [0.717, 1.165) is 29.5 Å². The zero-order valence-corrected chi connectivity index (χ0v) is 17.9. The van der Waals surface area contributed by atoms with Crippen molar-refractivity contribution in [2.45, 2.75) is 63.1 Å². The van der Waals surface area contributed by atoms with Gasteiger partial charge in [0.15, 0.2) is 0 Å². The number of anilines is 1. The number of hydrogen-bond donors (Lipinski definition) is 2. The minimum atomic E-state index is -0.813. The molecule has 2 aliphatic rings. The molecule has 0 saturated carbocycles. The molecule has 6 heteroatoms. The van der Waals surface area contributed by atoms with Crippen LogP contribution in [0.1, 0.15) is 44.1 Å². The van der Waals surface area contributed by atoms with Gasteiger partial charge in [0, 0.05) is 37.0 Å². The third-order valence-electron chi connectivity index (χ3n) is 6.62. The van der Waals surface area contributed by atoms with E-state index in [0.29, 0.717) is 30.6 Å². The van der Waals surface area contributed by atoms with Crippen LogP contribution in [0, 0.1) is 0 Å². The number of carboxylic acid groups (broad SMARTS) is 1. The second-order valence-corrected chi connectivity index (χ2v) is 8.66. The normalized spacial score (nSPS) is 22.8. The summed E-state index contributed by atoms with van der Waals surface area (Å²) in [5.74, 6) is -0.813. The second-order valence-electron chi connectivity index (χ2n) is 8.66. The van der Waals surface area contributed by atoms with Crippen molar-refractivity contribution >= 4 is 17.7 Å². The molecule has 1 amide bonds. The van der Waals surface area contributed by atoms with Gasteiger partial charge in [-0.3, -0.25) is 10.1 Å². The predicted octanol–water partition coefficient (Wildman–Crippen LogP) is 4.93. The number of nitrogens with zero attached hydrogens (tertiary/aromatic N) is 1. The number of piperidine rings is 1. The number of amides is 1. The van der Waals surface area contributed by atoms with E-state index in [-0.39, 0.29) is 12.5 Å². The Hall–Kier alpha value is -2.86. The van der Waals surface area contributed by atoms with Gasteiger partial charge >= 0.3 is 12.1 Å². The molecule has 164 valence electrons. The number of carbonyl (C=O) groups excluding carboxylic acids is 1. The molecule has 2 heterocycles. The number of carboxylic acids is 1. The largest absolute Gasteiger partial charge is 0.481 e.